The maximum Gasteiger partial charge on any atom is 0.248 e. The molecule has 0 N–H and O–H groups in total. The summed E-state index contributed by atoms with van der Waals surface area (Å²) in [5.41, 5.74) is 0.231. The van der Waals surface area contributed by atoms with Gasteiger partial charge in [-0.25, -0.2) is 0 Å². The molecular formula is C6H9FN2S. The minimum absolute atomic E-state index is 0.225. The van der Waals surface area contributed by atoms with Gasteiger partial charge in [0, 0.05) is 5.41 Å². The van der Waals surface area contributed by atoms with Crippen LogP contribution in [-0.2, 0) is 5.41 Å². The van der Waals surface area contributed by atoms with E-state index in [9.17, 15) is 4.39 Å². The maximum atomic E-state index is 12.7. The van der Waals surface area contributed by atoms with E-state index < -0.39 is 5.95 Å². The van der Waals surface area contributed by atoms with Gasteiger partial charge >= 0.3 is 0 Å². The number of aromatic nitrogens is 2. The molecule has 2 nitrogen and oxygen atoms in total. The standard InChI is InChI=1S/C6H9FN2S/c1-6(2,3)4-5(7)9-10-8-4/h1-3H3. The Morgan fingerprint density at radius 1 is 1.30 bits per heavy atom. The van der Waals surface area contributed by atoms with Crippen LogP contribution in [0.25, 0.3) is 0 Å². The van der Waals surface area contributed by atoms with Crippen LogP contribution in [-0.4, -0.2) is 8.75 Å². The molecule has 1 aromatic heterocycles. The highest BCUT2D eigenvalue weighted by Crippen LogP contribution is 2.22. The Labute approximate surface area is 63.4 Å². The van der Waals surface area contributed by atoms with Gasteiger partial charge in [-0.05, 0) is 0 Å². The second-order valence-electron chi connectivity index (χ2n) is 3.15. The predicted molar refractivity (Wildman–Crippen MR) is 38.6 cm³/mol. The molecule has 0 aliphatic rings. The number of nitrogens with zero attached hydrogens (tertiary/aromatic N) is 2. The maximum absolute atomic E-state index is 12.7. The van der Waals surface area contributed by atoms with Crippen molar-refractivity contribution in [2.75, 3.05) is 0 Å². The van der Waals surface area contributed by atoms with Crippen LogP contribution in [0.5, 0.6) is 0 Å². The van der Waals surface area contributed by atoms with Crippen LogP contribution >= 0.6 is 11.7 Å². The van der Waals surface area contributed by atoms with E-state index in [1.54, 1.807) is 0 Å². The summed E-state index contributed by atoms with van der Waals surface area (Å²) in [5, 5.41) is 0. The normalized spacial score (nSPS) is 12.0. The minimum Gasteiger partial charge on any atom is -0.182 e. The SMILES string of the molecule is CC(C)(C)c1nsnc1F. The number of hydrogen-bond donors (Lipinski definition) is 0. The second kappa shape index (κ2) is 2.27. The second-order valence-corrected chi connectivity index (χ2v) is 3.68. The third kappa shape index (κ3) is 1.31. The molecule has 1 rings (SSSR count). The molecule has 0 unspecified atom stereocenters. The molecule has 0 saturated heterocycles. The number of hydrogen-bond acceptors (Lipinski definition) is 3. The Hall–Kier alpha value is -0.510. The van der Waals surface area contributed by atoms with Crippen molar-refractivity contribution in [3.05, 3.63) is 11.6 Å². The molecule has 1 heterocycles. The fourth-order valence-electron chi connectivity index (χ4n) is 0.624. The molecule has 0 aliphatic carbocycles. The Bertz CT molecular complexity index is 226. The van der Waals surface area contributed by atoms with E-state index in [0.29, 0.717) is 5.69 Å². The van der Waals surface area contributed by atoms with Crippen LogP contribution in [0.4, 0.5) is 4.39 Å². The fraction of sp³-hybridized carbons (Fsp3) is 0.667. The molecule has 0 bridgehead atoms. The Balaban J connectivity index is 3.05. The zero-order chi connectivity index (χ0) is 7.78. The molecular weight excluding hydrogens is 151 g/mol. The van der Waals surface area contributed by atoms with Gasteiger partial charge in [0.25, 0.3) is 0 Å². The summed E-state index contributed by atoms with van der Waals surface area (Å²) in [5.74, 6) is -0.433. The van der Waals surface area contributed by atoms with Gasteiger partial charge in [0.1, 0.15) is 5.69 Å². The first-order valence-electron chi connectivity index (χ1n) is 3.00. The van der Waals surface area contributed by atoms with Crippen LogP contribution in [0.2, 0.25) is 0 Å². The van der Waals surface area contributed by atoms with E-state index in [1.165, 1.54) is 0 Å². The van der Waals surface area contributed by atoms with Crippen molar-refractivity contribution in [2.45, 2.75) is 26.2 Å². The van der Waals surface area contributed by atoms with Gasteiger partial charge in [0.15, 0.2) is 0 Å². The van der Waals surface area contributed by atoms with Crippen molar-refractivity contribution in [1.29, 1.82) is 0 Å². The van der Waals surface area contributed by atoms with Gasteiger partial charge < -0.3 is 0 Å². The largest absolute Gasteiger partial charge is 0.248 e. The van der Waals surface area contributed by atoms with Gasteiger partial charge in [-0.15, -0.1) is 4.37 Å². The van der Waals surface area contributed by atoms with E-state index >= 15 is 0 Å². The lowest BCUT2D eigenvalue weighted by atomic mass is 9.93. The molecule has 0 saturated carbocycles. The Morgan fingerprint density at radius 3 is 2.10 bits per heavy atom. The Kier molecular flexibility index (Phi) is 1.72. The molecule has 0 atom stereocenters. The molecule has 0 fully saturated rings. The molecule has 10 heavy (non-hydrogen) atoms. The van der Waals surface area contributed by atoms with E-state index in [-0.39, 0.29) is 5.41 Å². The summed E-state index contributed by atoms with van der Waals surface area (Å²) >= 11 is 0.918. The van der Waals surface area contributed by atoms with E-state index in [2.05, 4.69) is 8.75 Å². The lowest BCUT2D eigenvalue weighted by molar-refractivity contribution is 0.498. The lowest BCUT2D eigenvalue weighted by Crippen LogP contribution is -2.13. The summed E-state index contributed by atoms with van der Waals surface area (Å²) in [7, 11) is 0. The van der Waals surface area contributed by atoms with Crippen molar-refractivity contribution >= 4 is 11.7 Å². The summed E-state index contributed by atoms with van der Waals surface area (Å²) < 4.78 is 20.0. The topological polar surface area (TPSA) is 25.8 Å². The van der Waals surface area contributed by atoms with Crippen molar-refractivity contribution in [2.24, 2.45) is 0 Å². The van der Waals surface area contributed by atoms with Crippen LogP contribution in [0.15, 0.2) is 0 Å². The summed E-state index contributed by atoms with van der Waals surface area (Å²) in [6, 6.07) is 0. The highest BCUT2D eigenvalue weighted by Gasteiger charge is 2.21. The molecule has 0 spiro atoms. The van der Waals surface area contributed by atoms with Crippen LogP contribution in [0.1, 0.15) is 26.5 Å². The van der Waals surface area contributed by atoms with Crippen LogP contribution < -0.4 is 0 Å². The first-order valence-corrected chi connectivity index (χ1v) is 3.73. The monoisotopic (exact) mass is 160 g/mol. The first kappa shape index (κ1) is 7.60. The average molecular weight is 160 g/mol. The predicted octanol–water partition coefficient (Wildman–Crippen LogP) is 1.97. The molecule has 4 heteroatoms. The summed E-state index contributed by atoms with van der Waals surface area (Å²) in [4.78, 5) is 0. The van der Waals surface area contributed by atoms with Crippen molar-refractivity contribution in [3.63, 3.8) is 0 Å². The molecule has 1 aromatic rings. The van der Waals surface area contributed by atoms with Crippen LogP contribution in [0, 0.1) is 5.95 Å². The van der Waals surface area contributed by atoms with Crippen molar-refractivity contribution in [1.82, 2.24) is 8.75 Å². The molecule has 56 valence electrons. The smallest absolute Gasteiger partial charge is 0.182 e. The van der Waals surface area contributed by atoms with Crippen LogP contribution in [0.3, 0.4) is 0 Å². The molecule has 0 radical (unpaired) electrons. The Morgan fingerprint density at radius 2 is 1.90 bits per heavy atom. The third-order valence-corrected chi connectivity index (χ3v) is 1.67. The highest BCUT2D eigenvalue weighted by molar-refractivity contribution is 6.99. The van der Waals surface area contributed by atoms with Gasteiger partial charge in [-0.1, -0.05) is 20.8 Å². The third-order valence-electron chi connectivity index (χ3n) is 1.16. The number of halogens is 1. The number of rotatable bonds is 0. The van der Waals surface area contributed by atoms with E-state index in [1.807, 2.05) is 20.8 Å². The van der Waals surface area contributed by atoms with Gasteiger partial charge in [-0.2, -0.15) is 8.76 Å². The lowest BCUT2D eigenvalue weighted by Gasteiger charge is -2.13. The zero-order valence-corrected chi connectivity index (χ0v) is 7.00. The summed E-state index contributed by atoms with van der Waals surface area (Å²) in [6.45, 7) is 5.73. The average Bonchev–Trinajstić information content (AvgIpc) is 2.11. The van der Waals surface area contributed by atoms with E-state index in [0.717, 1.165) is 11.7 Å². The molecule has 0 amide bonds. The molecule has 0 aromatic carbocycles. The zero-order valence-electron chi connectivity index (χ0n) is 6.18. The molecule has 0 aliphatic heterocycles. The highest BCUT2D eigenvalue weighted by atomic mass is 32.1. The van der Waals surface area contributed by atoms with E-state index in [4.69, 9.17) is 0 Å². The quantitative estimate of drug-likeness (QED) is 0.580. The minimum atomic E-state index is -0.433. The van der Waals surface area contributed by atoms with Crippen molar-refractivity contribution < 1.29 is 4.39 Å². The van der Waals surface area contributed by atoms with Gasteiger partial charge in [-0.3, -0.25) is 0 Å². The van der Waals surface area contributed by atoms with Gasteiger partial charge in [0.2, 0.25) is 5.95 Å². The van der Waals surface area contributed by atoms with Gasteiger partial charge in [0.05, 0.1) is 11.7 Å². The first-order chi connectivity index (χ1) is 4.52. The summed E-state index contributed by atoms with van der Waals surface area (Å²) in [6.07, 6.45) is 0. The fourth-order valence-corrected chi connectivity index (χ4v) is 1.25. The van der Waals surface area contributed by atoms with Crippen molar-refractivity contribution in [3.8, 4) is 0 Å².